The van der Waals surface area contributed by atoms with Crippen LogP contribution in [0.1, 0.15) is 40.4 Å². The number of non-ortho nitro benzene ring substituents is 1. The SMILES string of the molecule is CC(C)Cc1[nH]nc(C(=O)O)c1NC(=O)c1cccc([N+](=O)[O-])c1. The lowest BCUT2D eigenvalue weighted by atomic mass is 10.1. The Hall–Kier alpha value is -3.23. The zero-order chi connectivity index (χ0) is 17.9. The molecule has 126 valence electrons. The number of rotatable bonds is 6. The Bertz CT molecular complexity index is 797. The first-order valence-corrected chi connectivity index (χ1v) is 7.16. The van der Waals surface area contributed by atoms with Gasteiger partial charge in [-0.05, 0) is 18.4 Å². The quantitative estimate of drug-likeness (QED) is 0.548. The highest BCUT2D eigenvalue weighted by atomic mass is 16.6. The standard InChI is InChI=1S/C15H16N4O5/c1-8(2)6-11-12(13(15(21)22)18-17-11)16-14(20)9-4-3-5-10(7-9)19(23)24/h3-5,7-8H,6H2,1-2H3,(H,16,20)(H,17,18)(H,21,22). The van der Waals surface area contributed by atoms with E-state index in [1.54, 1.807) is 0 Å². The van der Waals surface area contributed by atoms with Crippen molar-refractivity contribution < 1.29 is 19.6 Å². The first-order chi connectivity index (χ1) is 11.3. The fourth-order valence-electron chi connectivity index (χ4n) is 2.17. The molecule has 0 bridgehead atoms. The molecule has 3 N–H and O–H groups in total. The van der Waals surface area contributed by atoms with Gasteiger partial charge in [-0.3, -0.25) is 20.0 Å². The summed E-state index contributed by atoms with van der Waals surface area (Å²) in [5.74, 6) is -1.72. The minimum atomic E-state index is -1.28. The molecule has 0 unspecified atom stereocenters. The molecule has 1 aromatic heterocycles. The Balaban J connectivity index is 2.34. The minimum Gasteiger partial charge on any atom is -0.476 e. The maximum Gasteiger partial charge on any atom is 0.358 e. The number of nitrogens with one attached hydrogen (secondary N) is 2. The highest BCUT2D eigenvalue weighted by molar-refractivity contribution is 6.07. The van der Waals surface area contributed by atoms with Crippen LogP contribution in [0.5, 0.6) is 0 Å². The predicted octanol–water partition coefficient (Wildman–Crippen LogP) is 2.47. The Morgan fingerprint density at radius 2 is 2.12 bits per heavy atom. The normalized spacial score (nSPS) is 10.6. The molecule has 0 aliphatic rings. The lowest BCUT2D eigenvalue weighted by Gasteiger charge is -2.08. The number of H-pyrrole nitrogens is 1. The van der Waals surface area contributed by atoms with Crippen molar-refractivity contribution in [2.24, 2.45) is 5.92 Å². The molecule has 0 radical (unpaired) electrons. The van der Waals surface area contributed by atoms with E-state index in [2.05, 4.69) is 15.5 Å². The molecule has 0 atom stereocenters. The van der Waals surface area contributed by atoms with Crippen molar-refractivity contribution in [3.05, 3.63) is 51.3 Å². The average Bonchev–Trinajstić information content (AvgIpc) is 2.89. The lowest BCUT2D eigenvalue weighted by Crippen LogP contribution is -2.16. The van der Waals surface area contributed by atoms with Gasteiger partial charge in [0.25, 0.3) is 11.6 Å². The number of carbonyl (C=O) groups excluding carboxylic acids is 1. The maximum atomic E-state index is 12.3. The Kier molecular flexibility index (Phi) is 4.93. The Labute approximate surface area is 136 Å². The smallest absolute Gasteiger partial charge is 0.358 e. The van der Waals surface area contributed by atoms with Gasteiger partial charge >= 0.3 is 5.97 Å². The van der Waals surface area contributed by atoms with Crippen LogP contribution in [0.4, 0.5) is 11.4 Å². The molecule has 9 nitrogen and oxygen atoms in total. The number of carboxylic acids is 1. The summed E-state index contributed by atoms with van der Waals surface area (Å²) in [5, 5.41) is 28.8. The maximum absolute atomic E-state index is 12.3. The van der Waals surface area contributed by atoms with Crippen LogP contribution in [0.15, 0.2) is 24.3 Å². The number of hydrogen-bond donors (Lipinski definition) is 3. The summed E-state index contributed by atoms with van der Waals surface area (Å²) in [6, 6.07) is 5.18. The molecule has 9 heteroatoms. The average molecular weight is 332 g/mol. The highest BCUT2D eigenvalue weighted by Crippen LogP contribution is 2.23. The largest absolute Gasteiger partial charge is 0.476 e. The summed E-state index contributed by atoms with van der Waals surface area (Å²) in [7, 11) is 0. The van der Waals surface area contributed by atoms with E-state index in [1.165, 1.54) is 18.2 Å². The molecule has 0 fully saturated rings. The van der Waals surface area contributed by atoms with Crippen molar-refractivity contribution in [1.82, 2.24) is 10.2 Å². The van der Waals surface area contributed by atoms with Crippen LogP contribution in [0.2, 0.25) is 0 Å². The topological polar surface area (TPSA) is 138 Å². The van der Waals surface area contributed by atoms with E-state index >= 15 is 0 Å². The van der Waals surface area contributed by atoms with Crippen LogP contribution in [0.25, 0.3) is 0 Å². The fraction of sp³-hybridized carbons (Fsp3) is 0.267. The molecule has 0 spiro atoms. The van der Waals surface area contributed by atoms with Gasteiger partial charge in [0.15, 0.2) is 5.69 Å². The third-order valence-electron chi connectivity index (χ3n) is 3.21. The molecule has 0 aliphatic carbocycles. The van der Waals surface area contributed by atoms with Crippen LogP contribution in [0, 0.1) is 16.0 Å². The van der Waals surface area contributed by atoms with Crippen molar-refractivity contribution in [2.45, 2.75) is 20.3 Å². The summed E-state index contributed by atoms with van der Waals surface area (Å²) in [6.45, 7) is 3.88. The number of benzene rings is 1. The lowest BCUT2D eigenvalue weighted by molar-refractivity contribution is -0.384. The third-order valence-corrected chi connectivity index (χ3v) is 3.21. The van der Waals surface area contributed by atoms with Crippen LogP contribution in [-0.4, -0.2) is 32.1 Å². The van der Waals surface area contributed by atoms with Crippen LogP contribution in [0.3, 0.4) is 0 Å². The summed E-state index contributed by atoms with van der Waals surface area (Å²) in [4.78, 5) is 33.8. The first-order valence-electron chi connectivity index (χ1n) is 7.16. The van der Waals surface area contributed by atoms with Crippen LogP contribution < -0.4 is 5.32 Å². The van der Waals surface area contributed by atoms with Gasteiger partial charge in [-0.1, -0.05) is 19.9 Å². The van der Waals surface area contributed by atoms with Gasteiger partial charge in [-0.25, -0.2) is 4.79 Å². The molecule has 0 saturated heterocycles. The number of nitro benzene ring substituents is 1. The summed E-state index contributed by atoms with van der Waals surface area (Å²) in [5.41, 5.74) is 0.0891. The molecule has 1 heterocycles. The number of aromatic amines is 1. The number of carbonyl (C=O) groups is 2. The second kappa shape index (κ2) is 6.90. The number of aromatic carboxylic acids is 1. The molecular formula is C15H16N4O5. The zero-order valence-electron chi connectivity index (χ0n) is 13.1. The molecule has 2 aromatic rings. The van der Waals surface area contributed by atoms with Crippen LogP contribution >= 0.6 is 0 Å². The van der Waals surface area contributed by atoms with E-state index in [0.29, 0.717) is 12.1 Å². The number of nitrogens with zero attached hydrogens (tertiary/aromatic N) is 2. The van der Waals surface area contributed by atoms with Gasteiger partial charge in [-0.15, -0.1) is 0 Å². The summed E-state index contributed by atoms with van der Waals surface area (Å²) in [6.07, 6.45) is 0.491. The van der Waals surface area contributed by atoms with Gasteiger partial charge in [0.05, 0.1) is 16.3 Å². The number of hydrogen-bond acceptors (Lipinski definition) is 5. The van der Waals surface area contributed by atoms with E-state index < -0.39 is 16.8 Å². The predicted molar refractivity (Wildman–Crippen MR) is 85.1 cm³/mol. The van der Waals surface area contributed by atoms with Gasteiger partial charge in [-0.2, -0.15) is 5.10 Å². The van der Waals surface area contributed by atoms with E-state index in [0.717, 1.165) is 6.07 Å². The van der Waals surface area contributed by atoms with E-state index in [-0.39, 0.29) is 28.6 Å². The second-order valence-electron chi connectivity index (χ2n) is 5.59. The van der Waals surface area contributed by atoms with Crippen molar-refractivity contribution >= 4 is 23.3 Å². The monoisotopic (exact) mass is 332 g/mol. The fourth-order valence-corrected chi connectivity index (χ4v) is 2.17. The number of nitro groups is 1. The zero-order valence-corrected chi connectivity index (χ0v) is 13.1. The van der Waals surface area contributed by atoms with E-state index in [4.69, 9.17) is 0 Å². The number of amides is 1. The van der Waals surface area contributed by atoms with Crippen molar-refractivity contribution in [3.63, 3.8) is 0 Å². The van der Waals surface area contributed by atoms with Gasteiger partial charge in [0.2, 0.25) is 0 Å². The van der Waals surface area contributed by atoms with E-state index in [9.17, 15) is 24.8 Å². The van der Waals surface area contributed by atoms with Crippen molar-refractivity contribution in [2.75, 3.05) is 5.32 Å². The molecule has 0 saturated carbocycles. The Morgan fingerprint density at radius 1 is 1.42 bits per heavy atom. The molecule has 24 heavy (non-hydrogen) atoms. The molecule has 2 rings (SSSR count). The number of aromatic nitrogens is 2. The molecule has 0 aliphatic heterocycles. The number of anilines is 1. The summed E-state index contributed by atoms with van der Waals surface area (Å²) >= 11 is 0. The van der Waals surface area contributed by atoms with Crippen molar-refractivity contribution in [1.29, 1.82) is 0 Å². The van der Waals surface area contributed by atoms with Crippen molar-refractivity contribution in [3.8, 4) is 0 Å². The molecular weight excluding hydrogens is 316 g/mol. The minimum absolute atomic E-state index is 0.0530. The summed E-state index contributed by atoms with van der Waals surface area (Å²) < 4.78 is 0. The van der Waals surface area contributed by atoms with Gasteiger partial charge in [0.1, 0.15) is 0 Å². The van der Waals surface area contributed by atoms with Gasteiger partial charge in [0, 0.05) is 17.7 Å². The van der Waals surface area contributed by atoms with Gasteiger partial charge < -0.3 is 10.4 Å². The van der Waals surface area contributed by atoms with Crippen LogP contribution in [-0.2, 0) is 6.42 Å². The molecule has 1 aromatic carbocycles. The number of carboxylic acid groups (broad SMARTS) is 1. The first kappa shape index (κ1) is 17.1. The third kappa shape index (κ3) is 3.75. The molecule has 1 amide bonds. The Morgan fingerprint density at radius 3 is 2.71 bits per heavy atom. The van der Waals surface area contributed by atoms with E-state index in [1.807, 2.05) is 13.8 Å². The second-order valence-corrected chi connectivity index (χ2v) is 5.59. The highest BCUT2D eigenvalue weighted by Gasteiger charge is 2.22.